The summed E-state index contributed by atoms with van der Waals surface area (Å²) in [6.07, 6.45) is 4.40. The molecule has 3 fully saturated rings. The number of carbonyl (C=O) groups is 2. The van der Waals surface area contributed by atoms with Crippen molar-refractivity contribution in [3.05, 3.63) is 70.8 Å². The van der Waals surface area contributed by atoms with Crippen molar-refractivity contribution in [1.82, 2.24) is 9.80 Å². The highest BCUT2D eigenvalue weighted by molar-refractivity contribution is 5.95. The molecule has 3 aliphatic rings. The van der Waals surface area contributed by atoms with Crippen LogP contribution in [0, 0.1) is 0 Å². The Morgan fingerprint density at radius 1 is 0.912 bits per heavy atom. The molecular formula is C28H34N2O4. The Morgan fingerprint density at radius 2 is 1.62 bits per heavy atom. The van der Waals surface area contributed by atoms with E-state index in [9.17, 15) is 9.59 Å². The van der Waals surface area contributed by atoms with Crippen LogP contribution in [0.2, 0.25) is 0 Å². The van der Waals surface area contributed by atoms with Gasteiger partial charge in [0.25, 0.3) is 11.8 Å². The lowest BCUT2D eigenvalue weighted by atomic mass is 9.89. The fourth-order valence-electron chi connectivity index (χ4n) is 5.44. The summed E-state index contributed by atoms with van der Waals surface area (Å²) >= 11 is 0. The molecule has 2 amide bonds. The quantitative estimate of drug-likeness (QED) is 0.682. The molecule has 0 radical (unpaired) electrons. The number of likely N-dealkylation sites (tertiary alicyclic amines) is 2. The average Bonchev–Trinajstić information content (AvgIpc) is 3.36. The Morgan fingerprint density at radius 3 is 2.32 bits per heavy atom. The van der Waals surface area contributed by atoms with Crippen LogP contribution in [0.25, 0.3) is 0 Å². The maximum absolute atomic E-state index is 13.2. The molecule has 0 aromatic heterocycles. The largest absolute Gasteiger partial charge is 0.347 e. The molecule has 0 N–H and O–H groups in total. The molecular weight excluding hydrogens is 428 g/mol. The maximum atomic E-state index is 13.2. The number of benzene rings is 2. The van der Waals surface area contributed by atoms with Gasteiger partial charge in [-0.3, -0.25) is 9.59 Å². The van der Waals surface area contributed by atoms with Crippen LogP contribution in [-0.4, -0.2) is 66.8 Å². The van der Waals surface area contributed by atoms with E-state index in [1.54, 1.807) is 0 Å². The molecule has 3 saturated heterocycles. The molecule has 6 heteroatoms. The van der Waals surface area contributed by atoms with Gasteiger partial charge in [0, 0.05) is 56.1 Å². The van der Waals surface area contributed by atoms with E-state index in [1.807, 2.05) is 52.3 Å². The van der Waals surface area contributed by atoms with E-state index in [4.69, 9.17) is 9.47 Å². The summed E-state index contributed by atoms with van der Waals surface area (Å²) in [7, 11) is 0. The van der Waals surface area contributed by atoms with E-state index in [0.717, 1.165) is 55.3 Å². The zero-order valence-corrected chi connectivity index (χ0v) is 20.0. The van der Waals surface area contributed by atoms with Gasteiger partial charge in [0.1, 0.15) is 0 Å². The number of hydrogen-bond donors (Lipinski definition) is 0. The first kappa shape index (κ1) is 23.1. The predicted octanol–water partition coefficient (Wildman–Crippen LogP) is 4.25. The number of hydrogen-bond acceptors (Lipinski definition) is 4. The number of carbonyl (C=O) groups excluding carboxylic acids is 2. The Labute approximate surface area is 201 Å². The zero-order chi connectivity index (χ0) is 23.5. The van der Waals surface area contributed by atoms with Crippen LogP contribution >= 0.6 is 0 Å². The monoisotopic (exact) mass is 462 g/mol. The third-order valence-electron chi connectivity index (χ3n) is 7.55. The highest BCUT2D eigenvalue weighted by Gasteiger charge is 2.41. The number of nitrogens with zero attached hydrogens (tertiary/aromatic N) is 2. The minimum Gasteiger partial charge on any atom is -0.347 e. The van der Waals surface area contributed by atoms with Gasteiger partial charge in [-0.1, -0.05) is 31.2 Å². The lowest BCUT2D eigenvalue weighted by molar-refractivity contribution is -0.181. The van der Waals surface area contributed by atoms with Crippen LogP contribution in [-0.2, 0) is 15.9 Å². The van der Waals surface area contributed by atoms with Crippen molar-refractivity contribution >= 4 is 11.8 Å². The van der Waals surface area contributed by atoms with Gasteiger partial charge in [0.05, 0.1) is 13.2 Å². The molecule has 0 bridgehead atoms. The van der Waals surface area contributed by atoms with Crippen molar-refractivity contribution in [2.75, 3.05) is 39.4 Å². The normalized spacial score (nSPS) is 22.2. The van der Waals surface area contributed by atoms with Gasteiger partial charge in [-0.05, 0) is 54.7 Å². The molecule has 0 unspecified atom stereocenters. The summed E-state index contributed by atoms with van der Waals surface area (Å²) in [5.74, 6) is -0.0777. The molecule has 5 rings (SSSR count). The van der Waals surface area contributed by atoms with Crippen molar-refractivity contribution in [2.24, 2.45) is 0 Å². The summed E-state index contributed by atoms with van der Waals surface area (Å²) in [5.41, 5.74) is 3.85. The smallest absolute Gasteiger partial charge is 0.253 e. The van der Waals surface area contributed by atoms with Gasteiger partial charge in [0.2, 0.25) is 0 Å². The van der Waals surface area contributed by atoms with Crippen LogP contribution in [0.3, 0.4) is 0 Å². The van der Waals surface area contributed by atoms with Crippen LogP contribution in [0.5, 0.6) is 0 Å². The molecule has 34 heavy (non-hydrogen) atoms. The van der Waals surface area contributed by atoms with Crippen LogP contribution in [0.1, 0.15) is 70.4 Å². The van der Waals surface area contributed by atoms with Crippen molar-refractivity contribution < 1.29 is 19.1 Å². The van der Waals surface area contributed by atoms with Gasteiger partial charge in [-0.2, -0.15) is 0 Å². The van der Waals surface area contributed by atoms with Gasteiger partial charge >= 0.3 is 0 Å². The molecule has 180 valence electrons. The van der Waals surface area contributed by atoms with Crippen LogP contribution < -0.4 is 0 Å². The predicted molar refractivity (Wildman–Crippen MR) is 130 cm³/mol. The molecule has 0 saturated carbocycles. The molecule has 2 aromatic carbocycles. The van der Waals surface area contributed by atoms with Crippen molar-refractivity contribution in [3.8, 4) is 0 Å². The van der Waals surface area contributed by atoms with E-state index in [-0.39, 0.29) is 17.7 Å². The Kier molecular flexibility index (Phi) is 6.70. The minimum atomic E-state index is -0.479. The number of amides is 2. The summed E-state index contributed by atoms with van der Waals surface area (Å²) in [6, 6.07) is 16.0. The topological polar surface area (TPSA) is 59.1 Å². The van der Waals surface area contributed by atoms with Crippen LogP contribution in [0.15, 0.2) is 48.5 Å². The zero-order valence-electron chi connectivity index (χ0n) is 20.0. The SMILES string of the molecule is CCc1ccc(C(=O)N2CCC[C@@H](c3cccc(C(=O)N4CCC5(CC4)OCCO5)c3)C2)cc1. The first-order valence-electron chi connectivity index (χ1n) is 12.6. The lowest BCUT2D eigenvalue weighted by Crippen LogP contribution is -2.47. The molecule has 0 aliphatic carbocycles. The first-order chi connectivity index (χ1) is 16.6. The summed E-state index contributed by atoms with van der Waals surface area (Å²) in [6.45, 7) is 6.15. The second-order valence-corrected chi connectivity index (χ2v) is 9.67. The Balaban J connectivity index is 1.24. The van der Waals surface area contributed by atoms with E-state index < -0.39 is 5.79 Å². The summed E-state index contributed by atoms with van der Waals surface area (Å²) in [5, 5.41) is 0. The van der Waals surface area contributed by atoms with E-state index in [2.05, 4.69) is 13.0 Å². The van der Waals surface area contributed by atoms with Crippen molar-refractivity contribution in [2.45, 2.75) is 50.7 Å². The van der Waals surface area contributed by atoms with Crippen molar-refractivity contribution in [1.29, 1.82) is 0 Å². The summed E-state index contributed by atoms with van der Waals surface area (Å²) < 4.78 is 11.6. The maximum Gasteiger partial charge on any atom is 0.253 e. The minimum absolute atomic E-state index is 0.0643. The third kappa shape index (κ3) is 4.75. The van der Waals surface area contributed by atoms with Gasteiger partial charge in [-0.15, -0.1) is 0 Å². The van der Waals surface area contributed by atoms with Gasteiger partial charge in [-0.25, -0.2) is 0 Å². The fourth-order valence-corrected chi connectivity index (χ4v) is 5.44. The molecule has 2 aromatic rings. The average molecular weight is 463 g/mol. The van der Waals surface area contributed by atoms with Crippen molar-refractivity contribution in [3.63, 3.8) is 0 Å². The number of rotatable bonds is 4. The third-order valence-corrected chi connectivity index (χ3v) is 7.55. The fraction of sp³-hybridized carbons (Fsp3) is 0.500. The number of aryl methyl sites for hydroxylation is 1. The van der Waals surface area contributed by atoms with E-state index in [0.29, 0.717) is 32.8 Å². The standard InChI is InChI=1S/C28H34N2O4/c1-2-21-8-10-22(11-9-21)26(31)30-14-4-7-25(20-30)23-5-3-6-24(19-23)27(32)29-15-12-28(13-16-29)33-17-18-34-28/h3,5-6,8-11,19,25H,2,4,7,12-18,20H2,1H3/t25-/m1/s1. The molecule has 3 aliphatic heterocycles. The Hall–Kier alpha value is -2.70. The second kappa shape index (κ2) is 9.88. The van der Waals surface area contributed by atoms with E-state index >= 15 is 0 Å². The first-order valence-corrected chi connectivity index (χ1v) is 12.6. The van der Waals surface area contributed by atoms with E-state index in [1.165, 1.54) is 5.56 Å². The molecule has 6 nitrogen and oxygen atoms in total. The lowest BCUT2D eigenvalue weighted by Gasteiger charge is -2.37. The summed E-state index contributed by atoms with van der Waals surface area (Å²) in [4.78, 5) is 30.2. The molecule has 1 spiro atoms. The highest BCUT2D eigenvalue weighted by atomic mass is 16.7. The second-order valence-electron chi connectivity index (χ2n) is 9.67. The Bertz CT molecular complexity index is 1020. The van der Waals surface area contributed by atoms with Gasteiger partial charge in [0.15, 0.2) is 5.79 Å². The number of ether oxygens (including phenoxy) is 2. The highest BCUT2D eigenvalue weighted by Crippen LogP contribution is 2.32. The van der Waals surface area contributed by atoms with Gasteiger partial charge < -0.3 is 19.3 Å². The number of piperidine rings is 2. The van der Waals surface area contributed by atoms with Crippen LogP contribution in [0.4, 0.5) is 0 Å². The molecule has 3 heterocycles. The molecule has 1 atom stereocenters.